The first kappa shape index (κ1) is 19.7. The van der Waals surface area contributed by atoms with Gasteiger partial charge in [0.05, 0.1) is 6.61 Å². The zero-order valence-corrected chi connectivity index (χ0v) is 15.9. The molecule has 0 unspecified atom stereocenters. The van der Waals surface area contributed by atoms with Crippen LogP contribution in [0.3, 0.4) is 0 Å². The molecule has 0 aromatic heterocycles. The summed E-state index contributed by atoms with van der Waals surface area (Å²) in [4.78, 5) is 14.2. The standard InChI is InChI=1S/C22H28N2O2/c1-4-17-26-21-12-7-18(8-13-21)9-14-22(25)23-20-10-5-19(6-11-20)15-16-24(2)3/h5-14H,4,15-17H2,1-3H3,(H,23,25)/b14-9+. The zero-order valence-electron chi connectivity index (χ0n) is 15.9. The van der Waals surface area contributed by atoms with Crippen molar-refractivity contribution in [2.24, 2.45) is 0 Å². The molecule has 0 spiro atoms. The largest absolute Gasteiger partial charge is 0.494 e. The Kier molecular flexibility index (Phi) is 7.90. The molecule has 2 aromatic carbocycles. The Morgan fingerprint density at radius 2 is 1.77 bits per heavy atom. The normalized spacial score (nSPS) is 11.1. The molecule has 0 aliphatic rings. The number of nitrogens with zero attached hydrogens (tertiary/aromatic N) is 1. The van der Waals surface area contributed by atoms with Crippen LogP contribution in [0.2, 0.25) is 0 Å². The summed E-state index contributed by atoms with van der Waals surface area (Å²) >= 11 is 0. The third-order valence-corrected chi connectivity index (χ3v) is 3.85. The van der Waals surface area contributed by atoms with Crippen molar-refractivity contribution >= 4 is 17.7 Å². The first-order chi connectivity index (χ1) is 12.6. The first-order valence-electron chi connectivity index (χ1n) is 9.02. The van der Waals surface area contributed by atoms with Crippen molar-refractivity contribution < 1.29 is 9.53 Å². The zero-order chi connectivity index (χ0) is 18.8. The molecule has 0 atom stereocenters. The minimum atomic E-state index is -0.141. The number of likely N-dealkylation sites (N-methyl/N-ethyl adjacent to an activating group) is 1. The lowest BCUT2D eigenvalue weighted by atomic mass is 10.1. The average molecular weight is 352 g/mol. The molecule has 0 aliphatic heterocycles. The van der Waals surface area contributed by atoms with Gasteiger partial charge >= 0.3 is 0 Å². The number of hydrogen-bond donors (Lipinski definition) is 1. The van der Waals surface area contributed by atoms with Gasteiger partial charge in [0.15, 0.2) is 0 Å². The first-order valence-corrected chi connectivity index (χ1v) is 9.02. The number of ether oxygens (including phenoxy) is 1. The van der Waals surface area contributed by atoms with Crippen LogP contribution in [0.15, 0.2) is 54.6 Å². The third kappa shape index (κ3) is 7.11. The predicted octanol–water partition coefficient (Wildman–Crippen LogP) is 4.23. The summed E-state index contributed by atoms with van der Waals surface area (Å²) in [5, 5.41) is 2.88. The number of nitrogens with one attached hydrogen (secondary N) is 1. The van der Waals surface area contributed by atoms with Gasteiger partial charge in [-0.25, -0.2) is 0 Å². The Hall–Kier alpha value is -2.59. The van der Waals surface area contributed by atoms with Crippen molar-refractivity contribution in [2.75, 3.05) is 32.6 Å². The molecule has 0 saturated carbocycles. The Labute approximate surface area is 156 Å². The van der Waals surface area contributed by atoms with E-state index in [1.54, 1.807) is 12.2 Å². The Morgan fingerprint density at radius 1 is 1.08 bits per heavy atom. The van der Waals surface area contributed by atoms with Gasteiger partial charge in [0.25, 0.3) is 0 Å². The van der Waals surface area contributed by atoms with Gasteiger partial charge in [-0.2, -0.15) is 0 Å². The van der Waals surface area contributed by atoms with Crippen LogP contribution in [-0.2, 0) is 11.2 Å². The highest BCUT2D eigenvalue weighted by atomic mass is 16.5. The molecule has 0 saturated heterocycles. The van der Waals surface area contributed by atoms with Crippen LogP contribution in [-0.4, -0.2) is 38.1 Å². The molecule has 0 bridgehead atoms. The summed E-state index contributed by atoms with van der Waals surface area (Å²) in [6.45, 7) is 3.80. The van der Waals surface area contributed by atoms with Crippen molar-refractivity contribution in [2.45, 2.75) is 19.8 Å². The lowest BCUT2D eigenvalue weighted by molar-refractivity contribution is -0.111. The maximum atomic E-state index is 12.1. The van der Waals surface area contributed by atoms with Crippen LogP contribution in [0, 0.1) is 0 Å². The van der Waals surface area contributed by atoms with E-state index in [1.807, 2.05) is 36.4 Å². The third-order valence-electron chi connectivity index (χ3n) is 3.85. The number of hydrogen-bond acceptors (Lipinski definition) is 3. The molecule has 0 aliphatic carbocycles. The van der Waals surface area contributed by atoms with E-state index in [-0.39, 0.29) is 5.91 Å². The summed E-state index contributed by atoms with van der Waals surface area (Å²) in [5.41, 5.74) is 3.03. The van der Waals surface area contributed by atoms with Crippen molar-refractivity contribution in [3.8, 4) is 5.75 Å². The Bertz CT molecular complexity index is 704. The number of rotatable bonds is 9. The van der Waals surface area contributed by atoms with Gasteiger partial charge in [0.2, 0.25) is 5.91 Å². The molecule has 4 heteroatoms. The molecule has 0 radical (unpaired) electrons. The lowest BCUT2D eigenvalue weighted by Gasteiger charge is -2.09. The quantitative estimate of drug-likeness (QED) is 0.687. The molecule has 0 fully saturated rings. The lowest BCUT2D eigenvalue weighted by Crippen LogP contribution is -2.15. The van der Waals surface area contributed by atoms with Gasteiger partial charge < -0.3 is 15.0 Å². The highest BCUT2D eigenvalue weighted by molar-refractivity contribution is 6.01. The predicted molar refractivity (Wildman–Crippen MR) is 109 cm³/mol. The van der Waals surface area contributed by atoms with E-state index in [0.717, 1.165) is 36.4 Å². The van der Waals surface area contributed by atoms with Crippen molar-refractivity contribution in [3.05, 3.63) is 65.7 Å². The molecule has 1 N–H and O–H groups in total. The molecule has 138 valence electrons. The number of benzene rings is 2. The fraction of sp³-hybridized carbons (Fsp3) is 0.318. The monoisotopic (exact) mass is 352 g/mol. The number of amides is 1. The number of anilines is 1. The maximum absolute atomic E-state index is 12.1. The van der Waals surface area contributed by atoms with E-state index >= 15 is 0 Å². The van der Waals surface area contributed by atoms with Crippen LogP contribution < -0.4 is 10.1 Å². The SMILES string of the molecule is CCCOc1ccc(/C=C/C(=O)Nc2ccc(CCN(C)C)cc2)cc1. The summed E-state index contributed by atoms with van der Waals surface area (Å²) < 4.78 is 5.55. The average Bonchev–Trinajstić information content (AvgIpc) is 2.65. The van der Waals surface area contributed by atoms with Crippen molar-refractivity contribution in [3.63, 3.8) is 0 Å². The Morgan fingerprint density at radius 3 is 2.38 bits per heavy atom. The smallest absolute Gasteiger partial charge is 0.248 e. The van der Waals surface area contributed by atoms with Crippen LogP contribution in [0.25, 0.3) is 6.08 Å². The molecule has 0 heterocycles. The second kappa shape index (κ2) is 10.4. The maximum Gasteiger partial charge on any atom is 0.248 e. The van der Waals surface area contributed by atoms with Crippen LogP contribution >= 0.6 is 0 Å². The van der Waals surface area contributed by atoms with Crippen LogP contribution in [0.5, 0.6) is 5.75 Å². The number of carbonyl (C=O) groups excluding carboxylic acids is 1. The van der Waals surface area contributed by atoms with E-state index in [0.29, 0.717) is 6.61 Å². The second-order valence-electron chi connectivity index (χ2n) is 6.49. The van der Waals surface area contributed by atoms with Gasteiger partial charge in [-0.1, -0.05) is 31.2 Å². The van der Waals surface area contributed by atoms with Crippen LogP contribution in [0.1, 0.15) is 24.5 Å². The van der Waals surface area contributed by atoms with Gasteiger partial charge in [-0.15, -0.1) is 0 Å². The summed E-state index contributed by atoms with van der Waals surface area (Å²) in [5.74, 6) is 0.708. The van der Waals surface area contributed by atoms with Crippen molar-refractivity contribution in [1.29, 1.82) is 0 Å². The minimum Gasteiger partial charge on any atom is -0.494 e. The topological polar surface area (TPSA) is 41.6 Å². The van der Waals surface area contributed by atoms with Gasteiger partial charge in [0, 0.05) is 18.3 Å². The second-order valence-corrected chi connectivity index (χ2v) is 6.49. The van der Waals surface area contributed by atoms with E-state index in [1.165, 1.54) is 5.56 Å². The number of carbonyl (C=O) groups is 1. The summed E-state index contributed by atoms with van der Waals surface area (Å²) in [6, 6.07) is 15.7. The van der Waals surface area contributed by atoms with E-state index in [4.69, 9.17) is 4.74 Å². The summed E-state index contributed by atoms with van der Waals surface area (Å²) in [6.07, 6.45) is 5.32. The van der Waals surface area contributed by atoms with E-state index in [2.05, 4.69) is 43.4 Å². The molecule has 26 heavy (non-hydrogen) atoms. The summed E-state index contributed by atoms with van der Waals surface area (Å²) in [7, 11) is 4.12. The van der Waals surface area contributed by atoms with E-state index in [9.17, 15) is 4.79 Å². The van der Waals surface area contributed by atoms with Crippen molar-refractivity contribution in [1.82, 2.24) is 4.90 Å². The van der Waals surface area contributed by atoms with Gasteiger partial charge in [-0.3, -0.25) is 4.79 Å². The van der Waals surface area contributed by atoms with Crippen LogP contribution in [0.4, 0.5) is 5.69 Å². The van der Waals surface area contributed by atoms with E-state index < -0.39 is 0 Å². The molecule has 1 amide bonds. The molecular formula is C22H28N2O2. The minimum absolute atomic E-state index is 0.141. The molecule has 4 nitrogen and oxygen atoms in total. The van der Waals surface area contributed by atoms with Gasteiger partial charge in [0.1, 0.15) is 5.75 Å². The fourth-order valence-electron chi connectivity index (χ4n) is 2.36. The fourth-order valence-corrected chi connectivity index (χ4v) is 2.36. The Balaban J connectivity index is 1.84. The molecule has 2 rings (SSSR count). The van der Waals surface area contributed by atoms with Gasteiger partial charge in [-0.05, 0) is 68.4 Å². The highest BCUT2D eigenvalue weighted by Crippen LogP contribution is 2.14. The molecular weight excluding hydrogens is 324 g/mol. The molecule has 2 aromatic rings. The highest BCUT2D eigenvalue weighted by Gasteiger charge is 2.00.